The molecule has 0 amide bonds. The highest BCUT2D eigenvalue weighted by atomic mass is 16.7. The smallest absolute Gasteiger partial charge is 0.373 e. The van der Waals surface area contributed by atoms with Crippen molar-refractivity contribution < 1.29 is 19.0 Å². The van der Waals surface area contributed by atoms with Gasteiger partial charge in [-0.1, -0.05) is 60.7 Å². The lowest BCUT2D eigenvalue weighted by Gasteiger charge is -2.39. The van der Waals surface area contributed by atoms with Gasteiger partial charge in [0.25, 0.3) is 0 Å². The molecule has 2 atom stereocenters. The van der Waals surface area contributed by atoms with Crippen molar-refractivity contribution in [2.24, 2.45) is 0 Å². The first-order valence-electron chi connectivity index (χ1n) is 7.83. The summed E-state index contributed by atoms with van der Waals surface area (Å²) in [5.74, 6) is -1.38. The van der Waals surface area contributed by atoms with E-state index in [1.807, 2.05) is 60.7 Å². The van der Waals surface area contributed by atoms with Crippen LogP contribution in [0.1, 0.15) is 23.5 Å². The average molecular weight is 324 g/mol. The predicted molar refractivity (Wildman–Crippen MR) is 90.1 cm³/mol. The minimum Gasteiger partial charge on any atom is -0.463 e. The van der Waals surface area contributed by atoms with Gasteiger partial charge in [0.1, 0.15) is 0 Å². The Balaban J connectivity index is 2.06. The molecule has 1 aliphatic heterocycles. The summed E-state index contributed by atoms with van der Waals surface area (Å²) >= 11 is 0. The number of rotatable bonds is 4. The highest BCUT2D eigenvalue weighted by Gasteiger charge is 2.43. The van der Waals surface area contributed by atoms with Crippen molar-refractivity contribution in [1.82, 2.24) is 0 Å². The van der Waals surface area contributed by atoms with Crippen LogP contribution in [0.4, 0.5) is 0 Å². The fraction of sp³-hybridized carbons (Fsp3) is 0.250. The summed E-state index contributed by atoms with van der Waals surface area (Å²) < 4.78 is 16.6. The zero-order valence-corrected chi connectivity index (χ0v) is 13.8. The van der Waals surface area contributed by atoms with Crippen molar-refractivity contribution in [2.45, 2.75) is 18.1 Å². The second-order valence-electron chi connectivity index (χ2n) is 5.67. The number of carbonyl (C=O) groups excluding carboxylic acids is 1. The molecule has 0 radical (unpaired) electrons. The first-order chi connectivity index (χ1) is 11.7. The zero-order valence-electron chi connectivity index (χ0n) is 13.8. The lowest BCUT2D eigenvalue weighted by molar-refractivity contribution is -0.225. The first kappa shape index (κ1) is 16.3. The Kier molecular flexibility index (Phi) is 4.67. The van der Waals surface area contributed by atoms with Crippen molar-refractivity contribution in [3.05, 3.63) is 83.6 Å². The van der Waals surface area contributed by atoms with Gasteiger partial charge in [-0.25, -0.2) is 4.79 Å². The molecule has 2 aromatic carbocycles. The van der Waals surface area contributed by atoms with E-state index in [4.69, 9.17) is 14.2 Å². The fourth-order valence-electron chi connectivity index (χ4n) is 3.02. The molecule has 4 heteroatoms. The Hall–Kier alpha value is -2.59. The number of esters is 1. The van der Waals surface area contributed by atoms with Gasteiger partial charge in [-0.3, -0.25) is 0 Å². The standard InChI is InChI=1S/C20H20O4/c1-22-19(21)18-13-16(15-9-5-3-6-10-15)14-20(23-2,24-18)17-11-7-4-8-12-17/h3-13,16H,14H2,1-2H3/t16-,20-/m1/s1. The predicted octanol–water partition coefficient (Wildman–Crippen LogP) is 3.75. The third-order valence-corrected chi connectivity index (χ3v) is 4.27. The number of carbonyl (C=O) groups is 1. The van der Waals surface area contributed by atoms with Crippen LogP contribution in [-0.2, 0) is 24.8 Å². The van der Waals surface area contributed by atoms with Crippen LogP contribution < -0.4 is 0 Å². The third kappa shape index (κ3) is 3.05. The maximum absolute atomic E-state index is 12.1. The molecule has 4 nitrogen and oxygen atoms in total. The maximum Gasteiger partial charge on any atom is 0.373 e. The summed E-state index contributed by atoms with van der Waals surface area (Å²) in [5.41, 5.74) is 1.96. The zero-order chi connectivity index (χ0) is 17.0. The molecule has 1 heterocycles. The molecule has 0 aromatic heterocycles. The van der Waals surface area contributed by atoms with Crippen LogP contribution in [0.2, 0.25) is 0 Å². The van der Waals surface area contributed by atoms with Gasteiger partial charge in [-0.15, -0.1) is 0 Å². The Morgan fingerprint density at radius 1 is 1.04 bits per heavy atom. The molecule has 124 valence electrons. The quantitative estimate of drug-likeness (QED) is 0.804. The van der Waals surface area contributed by atoms with E-state index < -0.39 is 11.8 Å². The lowest BCUT2D eigenvalue weighted by atomic mass is 9.86. The molecular weight excluding hydrogens is 304 g/mol. The van der Waals surface area contributed by atoms with E-state index in [2.05, 4.69) is 0 Å². The molecule has 0 unspecified atom stereocenters. The first-order valence-corrected chi connectivity index (χ1v) is 7.83. The van der Waals surface area contributed by atoms with Crippen molar-refractivity contribution >= 4 is 5.97 Å². The molecule has 0 N–H and O–H groups in total. The molecule has 0 fully saturated rings. The van der Waals surface area contributed by atoms with Crippen molar-refractivity contribution in [3.63, 3.8) is 0 Å². The van der Waals surface area contributed by atoms with Gasteiger partial charge >= 0.3 is 5.97 Å². The second-order valence-corrected chi connectivity index (χ2v) is 5.67. The van der Waals surface area contributed by atoms with Crippen LogP contribution in [0.3, 0.4) is 0 Å². The fourth-order valence-corrected chi connectivity index (χ4v) is 3.02. The Labute approximate surface area is 141 Å². The molecule has 0 saturated heterocycles. The highest BCUT2D eigenvalue weighted by molar-refractivity contribution is 5.86. The van der Waals surface area contributed by atoms with Gasteiger partial charge in [-0.05, 0) is 11.6 Å². The van der Waals surface area contributed by atoms with Gasteiger partial charge in [0.2, 0.25) is 11.5 Å². The minimum absolute atomic E-state index is 0.0193. The van der Waals surface area contributed by atoms with Crippen LogP contribution in [0.25, 0.3) is 0 Å². The normalized spacial score (nSPS) is 23.1. The molecule has 0 aliphatic carbocycles. The van der Waals surface area contributed by atoms with Gasteiger partial charge in [0.05, 0.1) is 7.11 Å². The summed E-state index contributed by atoms with van der Waals surface area (Å²) in [6.07, 6.45) is 2.37. The highest BCUT2D eigenvalue weighted by Crippen LogP contribution is 2.43. The summed E-state index contributed by atoms with van der Waals surface area (Å²) in [5, 5.41) is 0. The number of hydrogen-bond donors (Lipinski definition) is 0. The number of methoxy groups -OCH3 is 2. The van der Waals surface area contributed by atoms with Gasteiger partial charge in [0, 0.05) is 25.0 Å². The number of benzene rings is 2. The van der Waals surface area contributed by atoms with E-state index in [-0.39, 0.29) is 11.7 Å². The Morgan fingerprint density at radius 3 is 2.25 bits per heavy atom. The topological polar surface area (TPSA) is 44.8 Å². The summed E-state index contributed by atoms with van der Waals surface area (Å²) in [6, 6.07) is 19.6. The number of allylic oxidation sites excluding steroid dienone is 1. The number of ether oxygens (including phenoxy) is 3. The molecule has 0 saturated carbocycles. The maximum atomic E-state index is 12.1. The molecular formula is C20H20O4. The van der Waals surface area contributed by atoms with E-state index in [1.165, 1.54) is 7.11 Å². The monoisotopic (exact) mass is 324 g/mol. The molecule has 0 bridgehead atoms. The molecule has 1 aliphatic rings. The van der Waals surface area contributed by atoms with Crippen molar-refractivity contribution in [1.29, 1.82) is 0 Å². The van der Waals surface area contributed by atoms with Crippen LogP contribution in [0.5, 0.6) is 0 Å². The van der Waals surface area contributed by atoms with Crippen LogP contribution >= 0.6 is 0 Å². The minimum atomic E-state index is -1.03. The summed E-state index contributed by atoms with van der Waals surface area (Å²) in [4.78, 5) is 12.1. The van der Waals surface area contributed by atoms with Crippen LogP contribution in [0, 0.1) is 0 Å². The summed E-state index contributed by atoms with van der Waals surface area (Å²) in [7, 11) is 2.94. The molecule has 3 rings (SSSR count). The average Bonchev–Trinajstić information content (AvgIpc) is 2.68. The molecule has 24 heavy (non-hydrogen) atoms. The summed E-state index contributed by atoms with van der Waals surface area (Å²) in [6.45, 7) is 0. The molecule has 0 spiro atoms. The van der Waals surface area contributed by atoms with E-state index in [0.717, 1.165) is 11.1 Å². The Bertz CT molecular complexity index is 724. The SMILES string of the molecule is COC(=O)C1=C[C@@H](c2ccccc2)C[C@](OC)(c2ccccc2)O1. The molecule has 2 aromatic rings. The number of hydrogen-bond acceptors (Lipinski definition) is 4. The van der Waals surface area contributed by atoms with Crippen molar-refractivity contribution in [3.8, 4) is 0 Å². The second kappa shape index (κ2) is 6.89. The largest absolute Gasteiger partial charge is 0.463 e. The van der Waals surface area contributed by atoms with E-state index in [0.29, 0.717) is 6.42 Å². The van der Waals surface area contributed by atoms with E-state index in [9.17, 15) is 4.79 Å². The van der Waals surface area contributed by atoms with Gasteiger partial charge in [-0.2, -0.15) is 0 Å². The van der Waals surface area contributed by atoms with Crippen LogP contribution in [-0.4, -0.2) is 20.2 Å². The Morgan fingerprint density at radius 2 is 1.67 bits per heavy atom. The third-order valence-electron chi connectivity index (χ3n) is 4.27. The van der Waals surface area contributed by atoms with Crippen LogP contribution in [0.15, 0.2) is 72.5 Å². The van der Waals surface area contributed by atoms with Gasteiger partial charge in [0.15, 0.2) is 0 Å². The van der Waals surface area contributed by atoms with E-state index in [1.54, 1.807) is 13.2 Å². The lowest BCUT2D eigenvalue weighted by Crippen LogP contribution is -2.38. The van der Waals surface area contributed by atoms with E-state index >= 15 is 0 Å². The van der Waals surface area contributed by atoms with Crippen molar-refractivity contribution in [2.75, 3.05) is 14.2 Å². The van der Waals surface area contributed by atoms with Gasteiger partial charge < -0.3 is 14.2 Å².